The van der Waals surface area contributed by atoms with Gasteiger partial charge in [0.05, 0.1) is 0 Å². The SMILES string of the molecule is C[C@@H]1NC[C@@H]2CNC[C@@H]1C2. The molecule has 0 aromatic carbocycles. The van der Waals surface area contributed by atoms with Crippen LogP contribution in [-0.4, -0.2) is 25.7 Å². The van der Waals surface area contributed by atoms with Crippen LogP contribution in [0.5, 0.6) is 0 Å². The molecule has 0 radical (unpaired) electrons. The quantitative estimate of drug-likeness (QED) is 0.502. The van der Waals surface area contributed by atoms with Crippen LogP contribution in [-0.2, 0) is 0 Å². The highest BCUT2D eigenvalue weighted by Crippen LogP contribution is 2.23. The average Bonchev–Trinajstić information content (AvgIpc) is 1.99. The van der Waals surface area contributed by atoms with Crippen molar-refractivity contribution >= 4 is 0 Å². The Kier molecular flexibility index (Phi) is 1.66. The number of piperidine rings is 2. The lowest BCUT2D eigenvalue weighted by atomic mass is 9.82. The summed E-state index contributed by atoms with van der Waals surface area (Å²) in [5.74, 6) is 1.81. The molecule has 0 amide bonds. The van der Waals surface area contributed by atoms with E-state index in [1.54, 1.807) is 0 Å². The Hall–Kier alpha value is -0.0800. The van der Waals surface area contributed by atoms with Crippen LogP contribution in [0.3, 0.4) is 0 Å². The maximum Gasteiger partial charge on any atom is 0.00793 e. The Morgan fingerprint density at radius 1 is 1.20 bits per heavy atom. The number of hydrogen-bond acceptors (Lipinski definition) is 2. The van der Waals surface area contributed by atoms with E-state index in [1.807, 2.05) is 0 Å². The van der Waals surface area contributed by atoms with Crippen molar-refractivity contribution in [3.8, 4) is 0 Å². The van der Waals surface area contributed by atoms with Crippen LogP contribution in [0, 0.1) is 11.8 Å². The summed E-state index contributed by atoms with van der Waals surface area (Å²) in [5, 5.41) is 7.02. The lowest BCUT2D eigenvalue weighted by Gasteiger charge is -2.39. The van der Waals surface area contributed by atoms with Gasteiger partial charge in [-0.15, -0.1) is 0 Å². The van der Waals surface area contributed by atoms with E-state index in [4.69, 9.17) is 0 Å². The molecule has 10 heavy (non-hydrogen) atoms. The van der Waals surface area contributed by atoms with E-state index in [0.29, 0.717) is 0 Å². The number of nitrogens with one attached hydrogen (secondary N) is 2. The van der Waals surface area contributed by atoms with E-state index >= 15 is 0 Å². The first-order valence-electron chi connectivity index (χ1n) is 4.30. The van der Waals surface area contributed by atoms with Crippen molar-refractivity contribution in [3.63, 3.8) is 0 Å². The minimum absolute atomic E-state index is 0.740. The van der Waals surface area contributed by atoms with Gasteiger partial charge in [0.15, 0.2) is 0 Å². The third kappa shape index (κ3) is 1.06. The van der Waals surface area contributed by atoms with E-state index < -0.39 is 0 Å². The van der Waals surface area contributed by atoms with Crippen molar-refractivity contribution in [2.45, 2.75) is 19.4 Å². The third-order valence-electron chi connectivity index (χ3n) is 2.91. The van der Waals surface area contributed by atoms with Gasteiger partial charge >= 0.3 is 0 Å². The molecule has 2 bridgehead atoms. The second kappa shape index (κ2) is 2.51. The standard InChI is InChI=1S/C8H16N2/c1-6-8-2-7(4-10-6)3-9-5-8/h6-10H,2-5H2,1H3/t6-,7-,8-/m0/s1. The molecule has 0 aromatic rings. The van der Waals surface area contributed by atoms with Gasteiger partial charge in [-0.1, -0.05) is 0 Å². The fourth-order valence-corrected chi connectivity index (χ4v) is 2.12. The highest BCUT2D eigenvalue weighted by Gasteiger charge is 2.29. The molecule has 2 aliphatic heterocycles. The number of fused-ring (bicyclic) bond motifs is 2. The second-order valence-electron chi connectivity index (χ2n) is 3.72. The van der Waals surface area contributed by atoms with E-state index in [-0.39, 0.29) is 0 Å². The van der Waals surface area contributed by atoms with Gasteiger partial charge in [-0.25, -0.2) is 0 Å². The van der Waals surface area contributed by atoms with Gasteiger partial charge in [-0.05, 0) is 44.8 Å². The first-order valence-corrected chi connectivity index (χ1v) is 4.30. The van der Waals surface area contributed by atoms with Crippen molar-refractivity contribution < 1.29 is 0 Å². The molecule has 2 N–H and O–H groups in total. The van der Waals surface area contributed by atoms with E-state index in [1.165, 1.54) is 26.1 Å². The van der Waals surface area contributed by atoms with E-state index in [2.05, 4.69) is 17.6 Å². The zero-order valence-electron chi connectivity index (χ0n) is 6.56. The zero-order valence-corrected chi connectivity index (χ0v) is 6.56. The molecule has 2 heterocycles. The lowest BCUT2D eigenvalue weighted by molar-refractivity contribution is 0.179. The van der Waals surface area contributed by atoms with Crippen molar-refractivity contribution in [3.05, 3.63) is 0 Å². The Morgan fingerprint density at radius 2 is 2.10 bits per heavy atom. The molecular formula is C8H16N2. The van der Waals surface area contributed by atoms with Crippen LogP contribution >= 0.6 is 0 Å². The van der Waals surface area contributed by atoms with Crippen LogP contribution in [0.1, 0.15) is 13.3 Å². The summed E-state index contributed by atoms with van der Waals surface area (Å²) < 4.78 is 0. The maximum atomic E-state index is 3.54. The van der Waals surface area contributed by atoms with E-state index in [0.717, 1.165) is 17.9 Å². The third-order valence-corrected chi connectivity index (χ3v) is 2.91. The van der Waals surface area contributed by atoms with Crippen LogP contribution in [0.2, 0.25) is 0 Å². The first-order chi connectivity index (χ1) is 4.86. The fourth-order valence-electron chi connectivity index (χ4n) is 2.12. The van der Waals surface area contributed by atoms with E-state index in [9.17, 15) is 0 Å². The molecule has 3 atom stereocenters. The summed E-state index contributed by atoms with van der Waals surface area (Å²) in [7, 11) is 0. The molecule has 2 fully saturated rings. The molecule has 2 saturated heterocycles. The summed E-state index contributed by atoms with van der Waals surface area (Å²) in [5.41, 5.74) is 0. The van der Waals surface area contributed by atoms with Crippen LogP contribution < -0.4 is 10.6 Å². The number of hydrogen-bond donors (Lipinski definition) is 2. The van der Waals surface area contributed by atoms with Gasteiger partial charge in [0, 0.05) is 6.04 Å². The molecular weight excluding hydrogens is 124 g/mol. The van der Waals surface area contributed by atoms with Crippen molar-refractivity contribution in [2.24, 2.45) is 11.8 Å². The highest BCUT2D eigenvalue weighted by atomic mass is 15.0. The largest absolute Gasteiger partial charge is 0.316 e. The van der Waals surface area contributed by atoms with Crippen molar-refractivity contribution in [2.75, 3.05) is 19.6 Å². The Balaban J connectivity index is 2.00. The Morgan fingerprint density at radius 3 is 2.90 bits per heavy atom. The summed E-state index contributed by atoms with van der Waals surface area (Å²) in [6, 6.07) is 0.740. The van der Waals surface area contributed by atoms with Crippen LogP contribution in [0.25, 0.3) is 0 Å². The number of rotatable bonds is 0. The fraction of sp³-hybridized carbons (Fsp3) is 1.00. The van der Waals surface area contributed by atoms with Gasteiger partial charge in [0.2, 0.25) is 0 Å². The summed E-state index contributed by atoms with van der Waals surface area (Å²) in [6.07, 6.45) is 1.45. The average molecular weight is 140 g/mol. The Bertz CT molecular complexity index is 122. The summed E-state index contributed by atoms with van der Waals surface area (Å²) >= 11 is 0. The minimum atomic E-state index is 0.740. The molecule has 0 spiro atoms. The zero-order chi connectivity index (χ0) is 6.97. The van der Waals surface area contributed by atoms with Crippen LogP contribution in [0.15, 0.2) is 0 Å². The molecule has 2 rings (SSSR count). The predicted octanol–water partition coefficient (Wildman–Crippen LogP) is 0.204. The molecule has 2 aliphatic rings. The van der Waals surface area contributed by atoms with Crippen LogP contribution in [0.4, 0.5) is 0 Å². The predicted molar refractivity (Wildman–Crippen MR) is 41.9 cm³/mol. The monoisotopic (exact) mass is 140 g/mol. The molecule has 0 saturated carbocycles. The van der Waals surface area contributed by atoms with Gasteiger partial charge in [0.1, 0.15) is 0 Å². The van der Waals surface area contributed by atoms with Gasteiger partial charge < -0.3 is 10.6 Å². The van der Waals surface area contributed by atoms with Gasteiger partial charge in [-0.2, -0.15) is 0 Å². The summed E-state index contributed by atoms with van der Waals surface area (Å²) in [6.45, 7) is 5.99. The molecule has 0 aromatic heterocycles. The lowest BCUT2D eigenvalue weighted by Crippen LogP contribution is -2.53. The smallest absolute Gasteiger partial charge is 0.00793 e. The first kappa shape index (κ1) is 6.62. The van der Waals surface area contributed by atoms with Gasteiger partial charge in [-0.3, -0.25) is 0 Å². The molecule has 0 aliphatic carbocycles. The Labute approximate surface area is 62.4 Å². The maximum absolute atomic E-state index is 3.54. The highest BCUT2D eigenvalue weighted by molar-refractivity contribution is 4.88. The second-order valence-corrected chi connectivity index (χ2v) is 3.72. The molecule has 0 unspecified atom stereocenters. The van der Waals surface area contributed by atoms with Gasteiger partial charge in [0.25, 0.3) is 0 Å². The van der Waals surface area contributed by atoms with Crippen molar-refractivity contribution in [1.29, 1.82) is 0 Å². The topological polar surface area (TPSA) is 24.1 Å². The molecule has 58 valence electrons. The molecule has 2 heteroatoms. The normalized spacial score (nSPS) is 47.1. The van der Waals surface area contributed by atoms with Crippen molar-refractivity contribution in [1.82, 2.24) is 10.6 Å². The minimum Gasteiger partial charge on any atom is -0.316 e. The molecule has 2 nitrogen and oxygen atoms in total. The summed E-state index contributed by atoms with van der Waals surface area (Å²) in [4.78, 5) is 0.